The zero-order chi connectivity index (χ0) is 12.8. The first-order chi connectivity index (χ1) is 7.99. The fourth-order valence-electron chi connectivity index (χ4n) is 1.59. The van der Waals surface area contributed by atoms with Crippen molar-refractivity contribution in [2.45, 2.75) is 32.9 Å². The van der Waals surface area contributed by atoms with Crippen molar-refractivity contribution in [3.8, 4) is 0 Å². The molecule has 0 aliphatic rings. The van der Waals surface area contributed by atoms with E-state index in [4.69, 9.17) is 0 Å². The zero-order valence-corrected chi connectivity index (χ0v) is 11.3. The second-order valence-electron chi connectivity index (χ2n) is 4.96. The Kier molecular flexibility index (Phi) is 5.59. The number of aryl methyl sites for hydroxylation is 1. The summed E-state index contributed by atoms with van der Waals surface area (Å²) in [5.41, 5.74) is 1.71. The van der Waals surface area contributed by atoms with Crippen LogP contribution in [-0.4, -0.2) is 31.6 Å². The van der Waals surface area contributed by atoms with Gasteiger partial charge in [0.15, 0.2) is 0 Å². The number of rotatable bonds is 6. The van der Waals surface area contributed by atoms with Gasteiger partial charge in [-0.25, -0.2) is 4.39 Å². The maximum atomic E-state index is 13.3. The predicted molar refractivity (Wildman–Crippen MR) is 70.6 cm³/mol. The first-order valence-electron chi connectivity index (χ1n) is 6.12. The minimum Gasteiger partial charge on any atom is -0.310 e. The van der Waals surface area contributed by atoms with E-state index in [1.54, 1.807) is 13.0 Å². The van der Waals surface area contributed by atoms with Crippen LogP contribution in [0.1, 0.15) is 24.5 Å². The van der Waals surface area contributed by atoms with E-state index in [9.17, 15) is 4.39 Å². The Hall–Kier alpha value is -0.930. The summed E-state index contributed by atoms with van der Waals surface area (Å²) in [4.78, 5) is 2.17. The molecule has 2 nitrogen and oxygen atoms in total. The molecule has 0 fully saturated rings. The monoisotopic (exact) mass is 238 g/mol. The molecule has 0 spiro atoms. The Morgan fingerprint density at radius 2 is 2.06 bits per heavy atom. The van der Waals surface area contributed by atoms with Crippen molar-refractivity contribution in [1.82, 2.24) is 10.2 Å². The number of nitrogens with one attached hydrogen (secondary N) is 1. The molecule has 0 aromatic heterocycles. The van der Waals surface area contributed by atoms with Gasteiger partial charge < -0.3 is 10.2 Å². The lowest BCUT2D eigenvalue weighted by molar-refractivity contribution is 0.365. The number of halogens is 1. The molecular weight excluding hydrogens is 215 g/mol. The summed E-state index contributed by atoms with van der Waals surface area (Å²) in [7, 11) is 4.14. The van der Waals surface area contributed by atoms with Crippen molar-refractivity contribution in [2.75, 3.05) is 20.6 Å². The number of nitrogens with zero attached hydrogens (tertiary/aromatic N) is 1. The van der Waals surface area contributed by atoms with Crippen molar-refractivity contribution in [3.05, 3.63) is 35.1 Å². The summed E-state index contributed by atoms with van der Waals surface area (Å²) in [6.07, 6.45) is 1.10. The van der Waals surface area contributed by atoms with Crippen LogP contribution < -0.4 is 5.32 Å². The van der Waals surface area contributed by atoms with Crippen LogP contribution >= 0.6 is 0 Å². The van der Waals surface area contributed by atoms with Crippen molar-refractivity contribution in [2.24, 2.45) is 0 Å². The highest BCUT2D eigenvalue weighted by Gasteiger charge is 2.03. The summed E-state index contributed by atoms with van der Waals surface area (Å²) in [5, 5.41) is 3.41. The molecule has 0 bridgehead atoms. The quantitative estimate of drug-likeness (QED) is 0.819. The maximum Gasteiger partial charge on any atom is 0.126 e. The van der Waals surface area contributed by atoms with Crippen molar-refractivity contribution in [3.63, 3.8) is 0 Å². The van der Waals surface area contributed by atoms with Crippen LogP contribution in [0.5, 0.6) is 0 Å². The van der Waals surface area contributed by atoms with E-state index in [0.29, 0.717) is 11.6 Å². The normalized spacial score (nSPS) is 13.1. The van der Waals surface area contributed by atoms with Crippen LogP contribution in [0.15, 0.2) is 18.2 Å². The number of benzene rings is 1. The maximum absolute atomic E-state index is 13.3. The summed E-state index contributed by atoms with van der Waals surface area (Å²) in [5.74, 6) is -0.120. The Morgan fingerprint density at radius 3 is 2.65 bits per heavy atom. The third kappa shape index (κ3) is 5.29. The summed E-state index contributed by atoms with van der Waals surface area (Å²) >= 11 is 0. The molecule has 0 heterocycles. The molecule has 1 aromatic carbocycles. The van der Waals surface area contributed by atoms with Crippen molar-refractivity contribution >= 4 is 0 Å². The molecule has 1 unspecified atom stereocenters. The van der Waals surface area contributed by atoms with Crippen molar-refractivity contribution < 1.29 is 4.39 Å². The minimum absolute atomic E-state index is 0.120. The van der Waals surface area contributed by atoms with Gasteiger partial charge in [0.05, 0.1) is 0 Å². The molecule has 0 aliphatic heterocycles. The van der Waals surface area contributed by atoms with E-state index in [-0.39, 0.29) is 5.82 Å². The lowest BCUT2D eigenvalue weighted by atomic mass is 10.1. The molecule has 0 aliphatic carbocycles. The lowest BCUT2D eigenvalue weighted by Gasteiger charge is -2.16. The van der Waals surface area contributed by atoms with Gasteiger partial charge in [0, 0.05) is 12.6 Å². The largest absolute Gasteiger partial charge is 0.310 e. The Balaban J connectivity index is 2.36. The molecule has 1 N–H and O–H groups in total. The fraction of sp³-hybridized carbons (Fsp3) is 0.571. The van der Waals surface area contributed by atoms with E-state index in [1.807, 2.05) is 12.1 Å². The molecule has 17 heavy (non-hydrogen) atoms. The average molecular weight is 238 g/mol. The minimum atomic E-state index is -0.120. The Bertz CT molecular complexity index is 350. The number of hydrogen-bond acceptors (Lipinski definition) is 2. The molecule has 3 heteroatoms. The average Bonchev–Trinajstić information content (AvgIpc) is 2.28. The molecule has 1 aromatic rings. The van der Waals surface area contributed by atoms with Gasteiger partial charge in [-0.1, -0.05) is 12.1 Å². The van der Waals surface area contributed by atoms with E-state index in [2.05, 4.69) is 31.2 Å². The van der Waals surface area contributed by atoms with Crippen LogP contribution in [0.2, 0.25) is 0 Å². The lowest BCUT2D eigenvalue weighted by Crippen LogP contribution is -2.29. The van der Waals surface area contributed by atoms with Crippen LogP contribution in [0.25, 0.3) is 0 Å². The topological polar surface area (TPSA) is 15.3 Å². The van der Waals surface area contributed by atoms with E-state index in [1.165, 1.54) is 0 Å². The van der Waals surface area contributed by atoms with E-state index in [0.717, 1.165) is 25.1 Å². The van der Waals surface area contributed by atoms with Gasteiger partial charge in [-0.15, -0.1) is 0 Å². The van der Waals surface area contributed by atoms with E-state index >= 15 is 0 Å². The van der Waals surface area contributed by atoms with Gasteiger partial charge in [-0.3, -0.25) is 0 Å². The molecule has 0 amide bonds. The molecule has 96 valence electrons. The Labute approximate surface area is 104 Å². The predicted octanol–water partition coefficient (Wildman–Crippen LogP) is 2.56. The van der Waals surface area contributed by atoms with Gasteiger partial charge in [0.1, 0.15) is 5.82 Å². The molecule has 1 rings (SSSR count). The zero-order valence-electron chi connectivity index (χ0n) is 11.3. The van der Waals surface area contributed by atoms with Gasteiger partial charge >= 0.3 is 0 Å². The van der Waals surface area contributed by atoms with Crippen LogP contribution in [0.3, 0.4) is 0 Å². The number of hydrogen-bond donors (Lipinski definition) is 1. The van der Waals surface area contributed by atoms with E-state index < -0.39 is 0 Å². The molecular formula is C14H23FN2. The first kappa shape index (κ1) is 14.1. The first-order valence-corrected chi connectivity index (χ1v) is 6.12. The highest BCUT2D eigenvalue weighted by Crippen LogP contribution is 2.09. The van der Waals surface area contributed by atoms with Crippen LogP contribution in [-0.2, 0) is 6.54 Å². The highest BCUT2D eigenvalue weighted by atomic mass is 19.1. The summed E-state index contributed by atoms with van der Waals surface area (Å²) < 4.78 is 13.3. The molecule has 0 saturated heterocycles. The van der Waals surface area contributed by atoms with Crippen LogP contribution in [0, 0.1) is 12.7 Å². The molecule has 0 saturated carbocycles. The second kappa shape index (κ2) is 6.72. The summed E-state index contributed by atoms with van der Waals surface area (Å²) in [6, 6.07) is 5.86. The van der Waals surface area contributed by atoms with Gasteiger partial charge in [-0.2, -0.15) is 0 Å². The SMILES string of the molecule is Cc1ccc(CNC(C)CCN(C)C)cc1F. The molecule has 0 radical (unpaired) electrons. The van der Waals surface area contributed by atoms with Crippen LogP contribution in [0.4, 0.5) is 4.39 Å². The third-order valence-electron chi connectivity index (χ3n) is 2.90. The molecule has 1 atom stereocenters. The fourth-order valence-corrected chi connectivity index (χ4v) is 1.59. The van der Waals surface area contributed by atoms with Crippen molar-refractivity contribution in [1.29, 1.82) is 0 Å². The van der Waals surface area contributed by atoms with Gasteiger partial charge in [0.25, 0.3) is 0 Å². The Morgan fingerprint density at radius 1 is 1.35 bits per heavy atom. The summed E-state index contributed by atoms with van der Waals surface area (Å²) in [6.45, 7) is 5.74. The second-order valence-corrected chi connectivity index (χ2v) is 4.96. The van der Waals surface area contributed by atoms with Gasteiger partial charge in [0.2, 0.25) is 0 Å². The van der Waals surface area contributed by atoms with Gasteiger partial charge in [-0.05, 0) is 58.1 Å². The standard InChI is InChI=1S/C14H23FN2/c1-11-5-6-13(9-14(11)15)10-16-12(2)7-8-17(3)4/h5-6,9,12,16H,7-8,10H2,1-4H3. The highest BCUT2D eigenvalue weighted by molar-refractivity contribution is 5.23. The smallest absolute Gasteiger partial charge is 0.126 e. The third-order valence-corrected chi connectivity index (χ3v) is 2.90.